The summed E-state index contributed by atoms with van der Waals surface area (Å²) in [7, 11) is 0. The number of rotatable bonds is 5. The van der Waals surface area contributed by atoms with Crippen LogP contribution in [0.25, 0.3) is 6.08 Å². The topological polar surface area (TPSA) is 0 Å². The molecule has 0 saturated heterocycles. The van der Waals surface area contributed by atoms with Crippen molar-refractivity contribution in [3.63, 3.8) is 0 Å². The standard InChI is InChI=1S/C20H24/c1-4-17-10-6-7-12-19(17)15-14-16(3)20-13-9-8-11-18(20)5-2/h6-16H,4-5H2,1-3H3. The predicted molar refractivity (Wildman–Crippen MR) is 89.1 cm³/mol. The van der Waals surface area contributed by atoms with Crippen LogP contribution in [0.1, 0.15) is 48.9 Å². The lowest BCUT2D eigenvalue weighted by Crippen LogP contribution is -1.95. The summed E-state index contributed by atoms with van der Waals surface area (Å²) in [6.07, 6.45) is 6.78. The molecule has 0 aromatic heterocycles. The van der Waals surface area contributed by atoms with Crippen molar-refractivity contribution in [3.8, 4) is 0 Å². The molecule has 104 valence electrons. The van der Waals surface area contributed by atoms with E-state index in [0.29, 0.717) is 5.92 Å². The number of hydrogen-bond donors (Lipinski definition) is 0. The fourth-order valence-electron chi connectivity index (χ4n) is 2.67. The van der Waals surface area contributed by atoms with E-state index in [2.05, 4.69) is 81.5 Å². The molecule has 0 spiro atoms. The first-order valence-electron chi connectivity index (χ1n) is 7.60. The van der Waals surface area contributed by atoms with Crippen molar-refractivity contribution in [3.05, 3.63) is 76.9 Å². The predicted octanol–water partition coefficient (Wildman–Crippen LogP) is 5.63. The van der Waals surface area contributed by atoms with Crippen LogP contribution in [-0.2, 0) is 12.8 Å². The molecule has 0 aliphatic carbocycles. The molecule has 2 rings (SSSR count). The van der Waals surface area contributed by atoms with Crippen LogP contribution in [0, 0.1) is 0 Å². The quantitative estimate of drug-likeness (QED) is 0.656. The molecule has 0 bridgehead atoms. The zero-order valence-corrected chi connectivity index (χ0v) is 12.8. The van der Waals surface area contributed by atoms with E-state index in [9.17, 15) is 0 Å². The van der Waals surface area contributed by atoms with Gasteiger partial charge >= 0.3 is 0 Å². The Hall–Kier alpha value is -1.82. The summed E-state index contributed by atoms with van der Waals surface area (Å²) in [6, 6.07) is 17.4. The normalized spacial score (nSPS) is 12.8. The lowest BCUT2D eigenvalue weighted by Gasteiger charge is -2.12. The molecular formula is C20H24. The third kappa shape index (κ3) is 3.39. The molecule has 0 heterocycles. The van der Waals surface area contributed by atoms with E-state index in [0.717, 1.165) is 12.8 Å². The van der Waals surface area contributed by atoms with Crippen LogP contribution in [0.4, 0.5) is 0 Å². The Bertz CT molecular complexity index is 578. The van der Waals surface area contributed by atoms with Gasteiger partial charge in [-0.1, -0.05) is 81.5 Å². The smallest absolute Gasteiger partial charge is 0.000438 e. The molecule has 0 nitrogen and oxygen atoms in total. The minimum Gasteiger partial charge on any atom is -0.0767 e. The second-order valence-corrected chi connectivity index (χ2v) is 5.25. The van der Waals surface area contributed by atoms with Crippen LogP contribution >= 0.6 is 0 Å². The fraction of sp³-hybridized carbons (Fsp3) is 0.300. The molecule has 0 aliphatic rings. The van der Waals surface area contributed by atoms with Gasteiger partial charge in [-0.2, -0.15) is 0 Å². The summed E-state index contributed by atoms with van der Waals surface area (Å²) in [4.78, 5) is 0. The molecule has 1 unspecified atom stereocenters. The Kier molecular flexibility index (Phi) is 5.17. The molecule has 20 heavy (non-hydrogen) atoms. The third-order valence-electron chi connectivity index (χ3n) is 3.93. The molecule has 0 amide bonds. The average molecular weight is 264 g/mol. The first-order valence-corrected chi connectivity index (χ1v) is 7.60. The maximum Gasteiger partial charge on any atom is -0.000438 e. The first kappa shape index (κ1) is 14.6. The maximum atomic E-state index is 2.32. The van der Waals surface area contributed by atoms with Crippen LogP contribution in [0.3, 0.4) is 0 Å². The summed E-state index contributed by atoms with van der Waals surface area (Å²) in [6.45, 7) is 6.71. The molecule has 0 fully saturated rings. The van der Waals surface area contributed by atoms with Gasteiger partial charge in [-0.25, -0.2) is 0 Å². The number of aryl methyl sites for hydroxylation is 2. The molecule has 0 N–H and O–H groups in total. The zero-order chi connectivity index (χ0) is 14.4. The van der Waals surface area contributed by atoms with Crippen molar-refractivity contribution in [2.45, 2.75) is 39.5 Å². The van der Waals surface area contributed by atoms with Crippen LogP contribution in [0.2, 0.25) is 0 Å². The van der Waals surface area contributed by atoms with Crippen LogP contribution in [0.5, 0.6) is 0 Å². The second-order valence-electron chi connectivity index (χ2n) is 5.25. The SMILES string of the molecule is CCc1ccccc1C=CC(C)c1ccccc1CC. The van der Waals surface area contributed by atoms with Crippen molar-refractivity contribution in [2.75, 3.05) is 0 Å². The largest absolute Gasteiger partial charge is 0.0767 e. The number of hydrogen-bond acceptors (Lipinski definition) is 0. The van der Waals surface area contributed by atoms with E-state index in [1.54, 1.807) is 0 Å². The zero-order valence-electron chi connectivity index (χ0n) is 12.8. The van der Waals surface area contributed by atoms with E-state index in [-0.39, 0.29) is 0 Å². The van der Waals surface area contributed by atoms with Gasteiger partial charge < -0.3 is 0 Å². The van der Waals surface area contributed by atoms with Gasteiger partial charge in [0.15, 0.2) is 0 Å². The van der Waals surface area contributed by atoms with Crippen LogP contribution in [-0.4, -0.2) is 0 Å². The van der Waals surface area contributed by atoms with Gasteiger partial charge in [-0.3, -0.25) is 0 Å². The van der Waals surface area contributed by atoms with Gasteiger partial charge in [0, 0.05) is 0 Å². The van der Waals surface area contributed by atoms with E-state index >= 15 is 0 Å². The molecule has 0 saturated carbocycles. The highest BCUT2D eigenvalue weighted by Gasteiger charge is 2.06. The minimum absolute atomic E-state index is 0.455. The molecule has 2 aromatic carbocycles. The van der Waals surface area contributed by atoms with E-state index in [1.807, 2.05) is 0 Å². The van der Waals surface area contributed by atoms with Crippen molar-refractivity contribution < 1.29 is 0 Å². The number of benzene rings is 2. The summed E-state index contributed by atoms with van der Waals surface area (Å²) in [5.74, 6) is 0.455. The Morgan fingerprint density at radius 2 is 1.45 bits per heavy atom. The van der Waals surface area contributed by atoms with Gasteiger partial charge in [0.2, 0.25) is 0 Å². The van der Waals surface area contributed by atoms with E-state index < -0.39 is 0 Å². The van der Waals surface area contributed by atoms with Crippen LogP contribution in [0.15, 0.2) is 54.6 Å². The molecule has 0 radical (unpaired) electrons. The van der Waals surface area contributed by atoms with Gasteiger partial charge in [0.25, 0.3) is 0 Å². The van der Waals surface area contributed by atoms with Crippen molar-refractivity contribution in [2.24, 2.45) is 0 Å². The third-order valence-corrected chi connectivity index (χ3v) is 3.93. The first-order chi connectivity index (χ1) is 9.76. The van der Waals surface area contributed by atoms with E-state index in [1.165, 1.54) is 22.3 Å². The van der Waals surface area contributed by atoms with Crippen molar-refractivity contribution in [1.29, 1.82) is 0 Å². The fourth-order valence-corrected chi connectivity index (χ4v) is 2.67. The second kappa shape index (κ2) is 7.09. The molecule has 2 aromatic rings. The molecule has 0 aliphatic heterocycles. The van der Waals surface area contributed by atoms with Crippen LogP contribution < -0.4 is 0 Å². The highest BCUT2D eigenvalue weighted by molar-refractivity contribution is 5.55. The summed E-state index contributed by atoms with van der Waals surface area (Å²) < 4.78 is 0. The maximum absolute atomic E-state index is 2.32. The lowest BCUT2D eigenvalue weighted by molar-refractivity contribution is 0.932. The van der Waals surface area contributed by atoms with Gasteiger partial charge in [0.1, 0.15) is 0 Å². The van der Waals surface area contributed by atoms with Gasteiger partial charge in [0.05, 0.1) is 0 Å². The Labute approximate surface area is 123 Å². The molecule has 0 heteroatoms. The Balaban J connectivity index is 2.22. The number of allylic oxidation sites excluding steroid dienone is 1. The monoisotopic (exact) mass is 264 g/mol. The van der Waals surface area contributed by atoms with E-state index in [4.69, 9.17) is 0 Å². The summed E-state index contributed by atoms with van der Waals surface area (Å²) in [5.41, 5.74) is 5.66. The Morgan fingerprint density at radius 3 is 2.15 bits per heavy atom. The van der Waals surface area contributed by atoms with Gasteiger partial charge in [-0.05, 0) is 41.0 Å². The average Bonchev–Trinajstić information content (AvgIpc) is 2.52. The van der Waals surface area contributed by atoms with Crippen molar-refractivity contribution in [1.82, 2.24) is 0 Å². The highest BCUT2D eigenvalue weighted by atomic mass is 14.1. The lowest BCUT2D eigenvalue weighted by atomic mass is 9.93. The van der Waals surface area contributed by atoms with Gasteiger partial charge in [-0.15, -0.1) is 0 Å². The minimum atomic E-state index is 0.455. The molecule has 1 atom stereocenters. The highest BCUT2D eigenvalue weighted by Crippen LogP contribution is 2.23. The summed E-state index contributed by atoms with van der Waals surface area (Å²) in [5, 5.41) is 0. The summed E-state index contributed by atoms with van der Waals surface area (Å²) >= 11 is 0. The molecular weight excluding hydrogens is 240 g/mol. The Morgan fingerprint density at radius 1 is 0.850 bits per heavy atom. The van der Waals surface area contributed by atoms with Crippen molar-refractivity contribution >= 4 is 6.08 Å².